The summed E-state index contributed by atoms with van der Waals surface area (Å²) in [4.78, 5) is 16.8. The van der Waals surface area contributed by atoms with Crippen molar-refractivity contribution in [1.29, 1.82) is 0 Å². The van der Waals surface area contributed by atoms with Crippen molar-refractivity contribution in [2.45, 2.75) is 27.4 Å². The van der Waals surface area contributed by atoms with Gasteiger partial charge in [-0.25, -0.2) is 14.5 Å². The number of aromatic nitrogens is 3. The first-order valence-corrected chi connectivity index (χ1v) is 8.00. The summed E-state index contributed by atoms with van der Waals surface area (Å²) >= 11 is 0. The van der Waals surface area contributed by atoms with Crippen LogP contribution < -0.4 is 4.74 Å². The van der Waals surface area contributed by atoms with E-state index in [1.54, 1.807) is 43.7 Å². The molecule has 2 heterocycles. The first-order chi connectivity index (χ1) is 12.4. The van der Waals surface area contributed by atoms with Gasteiger partial charge in [0.2, 0.25) is 0 Å². The molecule has 0 aliphatic rings. The largest absolute Gasteiger partial charge is 0.462 e. The molecule has 0 saturated heterocycles. The molecule has 0 unspecified atom stereocenters. The molecule has 2 aromatic heterocycles. The van der Waals surface area contributed by atoms with Crippen molar-refractivity contribution in [3.8, 4) is 11.4 Å². The average molecular weight is 361 g/mol. The van der Waals surface area contributed by atoms with Gasteiger partial charge in [-0.1, -0.05) is 0 Å². The van der Waals surface area contributed by atoms with Crippen LogP contribution in [-0.2, 0) is 4.74 Å². The van der Waals surface area contributed by atoms with E-state index in [0.29, 0.717) is 33.7 Å². The Morgan fingerprint density at radius 1 is 1.23 bits per heavy atom. The number of benzene rings is 1. The van der Waals surface area contributed by atoms with Gasteiger partial charge in [-0.2, -0.15) is 13.9 Å². The van der Waals surface area contributed by atoms with Gasteiger partial charge in [0.15, 0.2) is 5.65 Å². The van der Waals surface area contributed by atoms with Crippen molar-refractivity contribution >= 4 is 17.0 Å². The first-order valence-electron chi connectivity index (χ1n) is 8.00. The summed E-state index contributed by atoms with van der Waals surface area (Å²) < 4.78 is 35.6. The van der Waals surface area contributed by atoms with Crippen LogP contribution in [0.4, 0.5) is 8.78 Å². The average Bonchev–Trinajstić information content (AvgIpc) is 2.91. The highest BCUT2D eigenvalue weighted by Crippen LogP contribution is 2.26. The normalized spacial score (nSPS) is 11.2. The molecule has 0 fully saturated rings. The second kappa shape index (κ2) is 7.07. The third-order valence-corrected chi connectivity index (χ3v) is 3.74. The van der Waals surface area contributed by atoms with Gasteiger partial charge < -0.3 is 9.47 Å². The Morgan fingerprint density at radius 3 is 2.54 bits per heavy atom. The molecule has 3 rings (SSSR count). The number of hydrogen-bond donors (Lipinski definition) is 0. The van der Waals surface area contributed by atoms with Crippen molar-refractivity contribution < 1.29 is 23.0 Å². The van der Waals surface area contributed by atoms with Gasteiger partial charge in [-0.05, 0) is 51.1 Å². The monoisotopic (exact) mass is 361 g/mol. The van der Waals surface area contributed by atoms with Gasteiger partial charge in [0.05, 0.1) is 28.9 Å². The number of halogens is 2. The standard InChI is InChI=1S/C18H17F2N3O3/c1-4-25-17(24)14-9-10(2)21-16-15(14)11(3)22-23(16)12-5-7-13(8-6-12)26-18(19)20/h5-9,18H,4H2,1-3H3. The molecule has 0 spiro atoms. The van der Waals surface area contributed by atoms with Crippen LogP contribution in [0.15, 0.2) is 30.3 Å². The Hall–Kier alpha value is -3.03. The molecule has 136 valence electrons. The van der Waals surface area contributed by atoms with Crippen LogP contribution in [0.3, 0.4) is 0 Å². The maximum absolute atomic E-state index is 12.3. The van der Waals surface area contributed by atoms with Gasteiger partial charge in [-0.15, -0.1) is 0 Å². The second-order valence-electron chi connectivity index (χ2n) is 5.60. The molecule has 0 bridgehead atoms. The lowest BCUT2D eigenvalue weighted by Gasteiger charge is -2.08. The molecular weight excluding hydrogens is 344 g/mol. The third-order valence-electron chi connectivity index (χ3n) is 3.74. The number of alkyl halides is 2. The highest BCUT2D eigenvalue weighted by Gasteiger charge is 2.20. The summed E-state index contributed by atoms with van der Waals surface area (Å²) in [6, 6.07) is 7.70. The van der Waals surface area contributed by atoms with Gasteiger partial charge in [0.1, 0.15) is 5.75 Å². The fourth-order valence-corrected chi connectivity index (χ4v) is 2.73. The van der Waals surface area contributed by atoms with Crippen LogP contribution in [0.5, 0.6) is 5.75 Å². The summed E-state index contributed by atoms with van der Waals surface area (Å²) in [6.45, 7) is 2.66. The van der Waals surface area contributed by atoms with Crippen molar-refractivity contribution in [1.82, 2.24) is 14.8 Å². The maximum Gasteiger partial charge on any atom is 0.387 e. The summed E-state index contributed by atoms with van der Waals surface area (Å²) in [5.74, 6) is -0.389. The van der Waals surface area contributed by atoms with Crippen LogP contribution in [0, 0.1) is 13.8 Å². The number of nitrogens with zero attached hydrogens (tertiary/aromatic N) is 3. The molecule has 0 N–H and O–H groups in total. The third kappa shape index (κ3) is 3.35. The van der Waals surface area contributed by atoms with Crippen molar-refractivity contribution in [2.75, 3.05) is 6.61 Å². The lowest BCUT2D eigenvalue weighted by Crippen LogP contribution is -2.07. The van der Waals surface area contributed by atoms with E-state index in [2.05, 4.69) is 14.8 Å². The van der Waals surface area contributed by atoms with E-state index in [1.807, 2.05) is 0 Å². The van der Waals surface area contributed by atoms with Crippen LogP contribution in [0.25, 0.3) is 16.7 Å². The van der Waals surface area contributed by atoms with E-state index in [4.69, 9.17) is 4.74 Å². The van der Waals surface area contributed by atoms with E-state index < -0.39 is 12.6 Å². The quantitative estimate of drug-likeness (QED) is 0.647. The van der Waals surface area contributed by atoms with Crippen molar-refractivity contribution in [2.24, 2.45) is 0 Å². The predicted molar refractivity (Wildman–Crippen MR) is 90.9 cm³/mol. The highest BCUT2D eigenvalue weighted by atomic mass is 19.3. The van der Waals surface area contributed by atoms with Gasteiger partial charge in [0.25, 0.3) is 0 Å². The Labute approximate surface area is 148 Å². The van der Waals surface area contributed by atoms with E-state index in [9.17, 15) is 13.6 Å². The first kappa shape index (κ1) is 17.8. The van der Waals surface area contributed by atoms with Gasteiger partial charge in [-0.3, -0.25) is 0 Å². The van der Waals surface area contributed by atoms with E-state index in [-0.39, 0.29) is 12.4 Å². The zero-order valence-corrected chi connectivity index (χ0v) is 14.5. The zero-order valence-electron chi connectivity index (χ0n) is 14.5. The minimum atomic E-state index is -2.88. The van der Waals surface area contributed by atoms with Crippen LogP contribution in [0.2, 0.25) is 0 Å². The molecule has 6 nitrogen and oxygen atoms in total. The fourth-order valence-electron chi connectivity index (χ4n) is 2.73. The topological polar surface area (TPSA) is 66.2 Å². The number of carbonyl (C=O) groups is 1. The summed E-state index contributed by atoms with van der Waals surface area (Å²) in [6.07, 6.45) is 0. The van der Waals surface area contributed by atoms with Crippen LogP contribution in [-0.4, -0.2) is 34.0 Å². The second-order valence-corrected chi connectivity index (χ2v) is 5.60. The number of rotatable bonds is 5. The summed E-state index contributed by atoms with van der Waals surface area (Å²) in [5.41, 5.74) is 2.75. The molecule has 3 aromatic rings. The number of pyridine rings is 1. The molecule has 0 aliphatic carbocycles. The summed E-state index contributed by atoms with van der Waals surface area (Å²) in [5, 5.41) is 5.05. The number of carbonyl (C=O) groups excluding carboxylic acids is 1. The van der Waals surface area contributed by atoms with E-state index >= 15 is 0 Å². The smallest absolute Gasteiger partial charge is 0.387 e. The van der Waals surface area contributed by atoms with Crippen molar-refractivity contribution in [3.63, 3.8) is 0 Å². The lowest BCUT2D eigenvalue weighted by molar-refractivity contribution is -0.0498. The minimum Gasteiger partial charge on any atom is -0.462 e. The maximum atomic E-state index is 12.3. The zero-order chi connectivity index (χ0) is 18.8. The number of aryl methyl sites for hydroxylation is 2. The molecule has 0 aliphatic heterocycles. The Balaban J connectivity index is 2.12. The number of hydrogen-bond acceptors (Lipinski definition) is 5. The molecule has 0 radical (unpaired) electrons. The van der Waals surface area contributed by atoms with Crippen LogP contribution >= 0.6 is 0 Å². The summed E-state index contributed by atoms with van der Waals surface area (Å²) in [7, 11) is 0. The van der Waals surface area contributed by atoms with Gasteiger partial charge >= 0.3 is 12.6 Å². The molecule has 1 aromatic carbocycles. The molecule has 0 amide bonds. The Morgan fingerprint density at radius 2 is 1.92 bits per heavy atom. The Kier molecular flexibility index (Phi) is 4.83. The fraction of sp³-hybridized carbons (Fsp3) is 0.278. The van der Waals surface area contributed by atoms with Crippen LogP contribution in [0.1, 0.15) is 28.7 Å². The number of fused-ring (bicyclic) bond motifs is 1. The molecule has 26 heavy (non-hydrogen) atoms. The Bertz CT molecular complexity index is 952. The lowest BCUT2D eigenvalue weighted by atomic mass is 10.1. The molecule has 0 atom stereocenters. The van der Waals surface area contributed by atoms with Crippen molar-refractivity contribution in [3.05, 3.63) is 47.3 Å². The highest BCUT2D eigenvalue weighted by molar-refractivity contribution is 6.04. The predicted octanol–water partition coefficient (Wildman–Crippen LogP) is 3.82. The van der Waals surface area contributed by atoms with Gasteiger partial charge in [0, 0.05) is 5.69 Å². The molecule has 8 heteroatoms. The SMILES string of the molecule is CCOC(=O)c1cc(C)nc2c1c(C)nn2-c1ccc(OC(F)F)cc1. The number of esters is 1. The van der Waals surface area contributed by atoms with E-state index in [1.165, 1.54) is 12.1 Å². The molecule has 0 saturated carbocycles. The molecular formula is C18H17F2N3O3. The van der Waals surface area contributed by atoms with E-state index in [0.717, 1.165) is 0 Å². The minimum absolute atomic E-state index is 0.0493. The number of ether oxygens (including phenoxy) is 2.